The van der Waals surface area contributed by atoms with Gasteiger partial charge in [-0.05, 0) is 58.7 Å². The van der Waals surface area contributed by atoms with Crippen molar-refractivity contribution in [1.29, 1.82) is 0 Å². The molecule has 0 aliphatic heterocycles. The number of hydrogen-bond donors (Lipinski definition) is 0. The van der Waals surface area contributed by atoms with Gasteiger partial charge in [0.05, 0.1) is 19.9 Å². The molecule has 1 aromatic heterocycles. The number of methoxy groups -OCH3 is 2. The predicted molar refractivity (Wildman–Crippen MR) is 114 cm³/mol. The van der Waals surface area contributed by atoms with Gasteiger partial charge < -0.3 is 9.47 Å². The van der Waals surface area contributed by atoms with Crippen molar-refractivity contribution in [2.24, 2.45) is 0 Å². The predicted octanol–water partition coefficient (Wildman–Crippen LogP) is 6.10. The minimum Gasteiger partial charge on any atom is -0.497 e. The van der Waals surface area contributed by atoms with Crippen LogP contribution in [-0.2, 0) is 0 Å². The fourth-order valence-electron chi connectivity index (χ4n) is 3.38. The van der Waals surface area contributed by atoms with Crippen LogP contribution in [-0.4, -0.2) is 19.2 Å². The van der Waals surface area contributed by atoms with Crippen LogP contribution in [0.5, 0.6) is 11.5 Å². The summed E-state index contributed by atoms with van der Waals surface area (Å²) in [4.78, 5) is 4.64. The largest absolute Gasteiger partial charge is 0.497 e. The maximum atomic E-state index is 5.43. The Morgan fingerprint density at radius 1 is 0.607 bits per heavy atom. The molecule has 3 nitrogen and oxygen atoms in total. The van der Waals surface area contributed by atoms with Crippen molar-refractivity contribution in [1.82, 2.24) is 4.98 Å². The average molecular weight is 367 g/mol. The molecule has 0 amide bonds. The summed E-state index contributed by atoms with van der Waals surface area (Å²) in [6, 6.07) is 28.6. The standard InChI is InChI=1S/C25H21NO2/c1-27-20-14-12-18(13-15-20)22-9-6-10-23(19-7-5-8-21(17-19)28-2)25(22)24-11-3-4-16-26-24/h3-17H,1-2H3. The van der Waals surface area contributed by atoms with E-state index in [0.29, 0.717) is 0 Å². The molecule has 4 rings (SSSR count). The quantitative estimate of drug-likeness (QED) is 0.427. The van der Waals surface area contributed by atoms with Crippen LogP contribution in [0, 0.1) is 0 Å². The first-order chi connectivity index (χ1) is 13.8. The van der Waals surface area contributed by atoms with E-state index in [9.17, 15) is 0 Å². The number of pyridine rings is 1. The van der Waals surface area contributed by atoms with Gasteiger partial charge in [0, 0.05) is 11.8 Å². The van der Waals surface area contributed by atoms with E-state index in [2.05, 4.69) is 47.4 Å². The highest BCUT2D eigenvalue weighted by molar-refractivity contribution is 5.93. The number of benzene rings is 3. The SMILES string of the molecule is COc1ccc(-c2cccc(-c3cccc(OC)c3)c2-c2ccccn2)cc1. The number of aromatic nitrogens is 1. The summed E-state index contributed by atoms with van der Waals surface area (Å²) >= 11 is 0. The molecule has 4 aromatic rings. The van der Waals surface area contributed by atoms with Crippen molar-refractivity contribution in [2.45, 2.75) is 0 Å². The van der Waals surface area contributed by atoms with Gasteiger partial charge in [0.25, 0.3) is 0 Å². The summed E-state index contributed by atoms with van der Waals surface area (Å²) in [5.74, 6) is 1.67. The van der Waals surface area contributed by atoms with Gasteiger partial charge in [-0.1, -0.05) is 48.5 Å². The number of nitrogens with zero attached hydrogens (tertiary/aromatic N) is 1. The van der Waals surface area contributed by atoms with Crippen LogP contribution in [0.15, 0.2) is 91.1 Å². The normalized spacial score (nSPS) is 10.5. The molecule has 0 bridgehead atoms. The van der Waals surface area contributed by atoms with Crippen molar-refractivity contribution in [3.05, 3.63) is 91.1 Å². The lowest BCUT2D eigenvalue weighted by atomic mass is 9.89. The Bertz CT molecular complexity index is 1070. The van der Waals surface area contributed by atoms with Crippen molar-refractivity contribution >= 4 is 0 Å². The fourth-order valence-corrected chi connectivity index (χ4v) is 3.38. The molecule has 138 valence electrons. The van der Waals surface area contributed by atoms with E-state index in [4.69, 9.17) is 9.47 Å². The van der Waals surface area contributed by atoms with Crippen molar-refractivity contribution in [3.63, 3.8) is 0 Å². The van der Waals surface area contributed by atoms with Gasteiger partial charge in [0.2, 0.25) is 0 Å². The first kappa shape index (κ1) is 17.8. The molecule has 0 aliphatic rings. The third-order valence-electron chi connectivity index (χ3n) is 4.77. The van der Waals surface area contributed by atoms with E-state index in [1.165, 1.54) is 0 Å². The second-order valence-corrected chi connectivity index (χ2v) is 6.40. The minimum atomic E-state index is 0.833. The molecule has 1 heterocycles. The summed E-state index contributed by atoms with van der Waals surface area (Å²) in [7, 11) is 3.37. The van der Waals surface area contributed by atoms with E-state index in [1.54, 1.807) is 14.2 Å². The van der Waals surface area contributed by atoms with E-state index >= 15 is 0 Å². The number of hydrogen-bond acceptors (Lipinski definition) is 3. The Kier molecular flexibility index (Phi) is 5.07. The highest BCUT2D eigenvalue weighted by atomic mass is 16.5. The van der Waals surface area contributed by atoms with Crippen molar-refractivity contribution < 1.29 is 9.47 Å². The molecular formula is C25H21NO2. The maximum absolute atomic E-state index is 5.43. The average Bonchev–Trinajstić information content (AvgIpc) is 2.79. The van der Waals surface area contributed by atoms with Crippen molar-refractivity contribution in [2.75, 3.05) is 14.2 Å². The first-order valence-electron chi connectivity index (χ1n) is 9.13. The zero-order valence-electron chi connectivity index (χ0n) is 15.9. The molecule has 0 aliphatic carbocycles. The van der Waals surface area contributed by atoms with Crippen LogP contribution >= 0.6 is 0 Å². The Balaban J connectivity index is 1.96. The monoisotopic (exact) mass is 367 g/mol. The zero-order valence-corrected chi connectivity index (χ0v) is 15.9. The molecule has 0 atom stereocenters. The lowest BCUT2D eigenvalue weighted by molar-refractivity contribution is 0.415. The van der Waals surface area contributed by atoms with Gasteiger partial charge in [-0.15, -0.1) is 0 Å². The van der Waals surface area contributed by atoms with Gasteiger partial charge in [0.15, 0.2) is 0 Å². The topological polar surface area (TPSA) is 31.4 Å². The van der Waals surface area contributed by atoms with E-state index in [1.807, 2.05) is 48.7 Å². The third kappa shape index (κ3) is 3.47. The Labute approximate surface area is 165 Å². The van der Waals surface area contributed by atoms with Crippen LogP contribution in [0.4, 0.5) is 0 Å². The van der Waals surface area contributed by atoms with Crippen LogP contribution in [0.3, 0.4) is 0 Å². The highest BCUT2D eigenvalue weighted by Crippen LogP contribution is 2.40. The van der Waals surface area contributed by atoms with Crippen molar-refractivity contribution in [3.8, 4) is 45.0 Å². The molecular weight excluding hydrogens is 346 g/mol. The maximum Gasteiger partial charge on any atom is 0.119 e. The smallest absolute Gasteiger partial charge is 0.119 e. The Morgan fingerprint density at radius 3 is 2.00 bits per heavy atom. The van der Waals surface area contributed by atoms with Crippen LogP contribution in [0.2, 0.25) is 0 Å². The summed E-state index contributed by atoms with van der Waals surface area (Å²) in [5.41, 5.74) is 6.49. The lowest BCUT2D eigenvalue weighted by Gasteiger charge is -2.16. The lowest BCUT2D eigenvalue weighted by Crippen LogP contribution is -1.93. The molecule has 3 heteroatoms. The molecule has 0 fully saturated rings. The number of rotatable bonds is 5. The summed E-state index contributed by atoms with van der Waals surface area (Å²) in [5, 5.41) is 0. The highest BCUT2D eigenvalue weighted by Gasteiger charge is 2.15. The van der Waals surface area contributed by atoms with Crippen LogP contribution in [0.25, 0.3) is 33.5 Å². The van der Waals surface area contributed by atoms with Gasteiger partial charge in [-0.25, -0.2) is 0 Å². The summed E-state index contributed by atoms with van der Waals surface area (Å²) in [6.45, 7) is 0. The van der Waals surface area contributed by atoms with E-state index in [0.717, 1.165) is 45.0 Å². The molecule has 28 heavy (non-hydrogen) atoms. The third-order valence-corrected chi connectivity index (χ3v) is 4.77. The zero-order chi connectivity index (χ0) is 19.3. The van der Waals surface area contributed by atoms with E-state index < -0.39 is 0 Å². The second-order valence-electron chi connectivity index (χ2n) is 6.40. The molecule has 3 aromatic carbocycles. The molecule has 0 unspecified atom stereocenters. The van der Waals surface area contributed by atoms with Crippen LogP contribution in [0.1, 0.15) is 0 Å². The molecule has 0 saturated heterocycles. The molecule has 0 spiro atoms. The van der Waals surface area contributed by atoms with Gasteiger partial charge in [-0.2, -0.15) is 0 Å². The summed E-state index contributed by atoms with van der Waals surface area (Å²) in [6.07, 6.45) is 1.83. The number of ether oxygens (including phenoxy) is 2. The van der Waals surface area contributed by atoms with Crippen LogP contribution < -0.4 is 9.47 Å². The Morgan fingerprint density at radius 2 is 1.32 bits per heavy atom. The molecule has 0 radical (unpaired) electrons. The molecule has 0 saturated carbocycles. The van der Waals surface area contributed by atoms with Gasteiger partial charge in [0.1, 0.15) is 11.5 Å². The minimum absolute atomic E-state index is 0.833. The van der Waals surface area contributed by atoms with E-state index in [-0.39, 0.29) is 0 Å². The molecule has 0 N–H and O–H groups in total. The second kappa shape index (κ2) is 7.97. The van der Waals surface area contributed by atoms with Gasteiger partial charge in [-0.3, -0.25) is 4.98 Å². The van der Waals surface area contributed by atoms with Gasteiger partial charge >= 0.3 is 0 Å². The fraction of sp³-hybridized carbons (Fsp3) is 0.0800. The first-order valence-corrected chi connectivity index (χ1v) is 9.13. The Hall–Kier alpha value is -3.59. The summed E-state index contributed by atoms with van der Waals surface area (Å²) < 4.78 is 10.7.